The molecule has 2 rings (SSSR count). The predicted molar refractivity (Wildman–Crippen MR) is 66.7 cm³/mol. The van der Waals surface area contributed by atoms with Crippen LogP contribution in [0.25, 0.3) is 0 Å². The monoisotopic (exact) mass is 287 g/mol. The summed E-state index contributed by atoms with van der Waals surface area (Å²) in [6.45, 7) is 2.29. The van der Waals surface area contributed by atoms with Crippen LogP contribution in [0.1, 0.15) is 36.5 Å². The Kier molecular flexibility index (Phi) is 4.04. The van der Waals surface area contributed by atoms with Crippen LogP contribution in [0.5, 0.6) is 0 Å². The molecule has 0 aromatic heterocycles. The highest BCUT2D eigenvalue weighted by atomic mass is 19.2. The lowest BCUT2D eigenvalue weighted by Crippen LogP contribution is -2.34. The van der Waals surface area contributed by atoms with Gasteiger partial charge in [0.05, 0.1) is 11.2 Å². The molecular weight excluding hydrogens is 271 g/mol. The normalized spacial score (nSPS) is 23.6. The van der Waals surface area contributed by atoms with E-state index in [1.807, 2.05) is 0 Å². The summed E-state index contributed by atoms with van der Waals surface area (Å²) >= 11 is 0. The molecule has 1 N–H and O–H groups in total. The molecule has 1 fully saturated rings. The highest BCUT2D eigenvalue weighted by molar-refractivity contribution is 5.94. The zero-order valence-corrected chi connectivity index (χ0v) is 11.1. The minimum Gasteiger partial charge on any atom is -0.390 e. The first-order valence-electron chi connectivity index (χ1n) is 6.47. The molecule has 1 amide bonds. The Morgan fingerprint density at radius 2 is 1.90 bits per heavy atom. The molecule has 0 spiro atoms. The third-order valence-electron chi connectivity index (χ3n) is 3.62. The minimum absolute atomic E-state index is 0.254. The summed E-state index contributed by atoms with van der Waals surface area (Å²) in [5.41, 5.74) is -1.34. The lowest BCUT2D eigenvalue weighted by atomic mass is 9.98. The van der Waals surface area contributed by atoms with E-state index in [1.54, 1.807) is 6.92 Å². The van der Waals surface area contributed by atoms with Crippen molar-refractivity contribution in [3.8, 4) is 0 Å². The van der Waals surface area contributed by atoms with Gasteiger partial charge in [-0.25, -0.2) is 13.2 Å². The summed E-state index contributed by atoms with van der Waals surface area (Å²) in [5.74, 6) is -5.11. The number of likely N-dealkylation sites (tertiary alicyclic amines) is 1. The Hall–Kier alpha value is -1.56. The first-order valence-corrected chi connectivity index (χ1v) is 6.47. The highest BCUT2D eigenvalue weighted by Crippen LogP contribution is 2.23. The van der Waals surface area contributed by atoms with Crippen molar-refractivity contribution in [2.24, 2.45) is 0 Å². The molecule has 0 saturated carbocycles. The van der Waals surface area contributed by atoms with Crippen LogP contribution >= 0.6 is 0 Å². The van der Waals surface area contributed by atoms with E-state index in [-0.39, 0.29) is 6.54 Å². The van der Waals surface area contributed by atoms with E-state index in [0.717, 1.165) is 12.1 Å². The van der Waals surface area contributed by atoms with Crippen LogP contribution in [0.4, 0.5) is 13.2 Å². The zero-order chi connectivity index (χ0) is 14.9. The number of halogens is 3. The quantitative estimate of drug-likeness (QED) is 0.806. The number of benzene rings is 1. The number of hydrogen-bond donors (Lipinski definition) is 1. The second-order valence-corrected chi connectivity index (χ2v) is 5.37. The number of carbonyl (C=O) groups is 1. The van der Waals surface area contributed by atoms with Crippen LogP contribution < -0.4 is 0 Å². The van der Waals surface area contributed by atoms with Crippen molar-refractivity contribution in [2.75, 3.05) is 13.1 Å². The van der Waals surface area contributed by atoms with E-state index < -0.39 is 34.5 Å². The average Bonchev–Trinajstić information content (AvgIpc) is 2.56. The molecule has 3 nitrogen and oxygen atoms in total. The van der Waals surface area contributed by atoms with Gasteiger partial charge >= 0.3 is 0 Å². The second-order valence-electron chi connectivity index (χ2n) is 5.37. The molecule has 0 aliphatic carbocycles. The van der Waals surface area contributed by atoms with E-state index in [2.05, 4.69) is 0 Å². The molecule has 1 aromatic rings. The summed E-state index contributed by atoms with van der Waals surface area (Å²) in [6.07, 6.45) is 1.48. The molecule has 1 heterocycles. The van der Waals surface area contributed by atoms with Crippen molar-refractivity contribution in [1.82, 2.24) is 4.90 Å². The van der Waals surface area contributed by atoms with Crippen molar-refractivity contribution < 1.29 is 23.1 Å². The predicted octanol–water partition coefficient (Wildman–Crippen LogP) is 2.48. The summed E-state index contributed by atoms with van der Waals surface area (Å²) in [5, 5.41) is 9.94. The van der Waals surface area contributed by atoms with E-state index in [0.29, 0.717) is 25.8 Å². The van der Waals surface area contributed by atoms with Gasteiger partial charge in [0, 0.05) is 13.1 Å². The Balaban J connectivity index is 2.22. The van der Waals surface area contributed by atoms with Crippen LogP contribution in [0.15, 0.2) is 12.1 Å². The van der Waals surface area contributed by atoms with Gasteiger partial charge in [-0.1, -0.05) is 0 Å². The Morgan fingerprint density at radius 1 is 1.20 bits per heavy atom. The largest absolute Gasteiger partial charge is 0.390 e. The SMILES string of the molecule is CC1(O)CCCN(C(=O)c2ccc(F)c(F)c2F)CC1. The van der Waals surface area contributed by atoms with E-state index in [4.69, 9.17) is 0 Å². The fourth-order valence-corrected chi connectivity index (χ4v) is 2.33. The van der Waals surface area contributed by atoms with Gasteiger partial charge in [0.25, 0.3) is 5.91 Å². The molecule has 20 heavy (non-hydrogen) atoms. The molecule has 0 bridgehead atoms. The van der Waals surface area contributed by atoms with Crippen molar-refractivity contribution in [3.63, 3.8) is 0 Å². The summed E-state index contributed by atoms with van der Waals surface area (Å²) < 4.78 is 39.6. The van der Waals surface area contributed by atoms with Crippen LogP contribution in [0.2, 0.25) is 0 Å². The zero-order valence-electron chi connectivity index (χ0n) is 11.1. The summed E-state index contributed by atoms with van der Waals surface area (Å²) in [6, 6.07) is 1.68. The fraction of sp³-hybridized carbons (Fsp3) is 0.500. The molecule has 1 aromatic carbocycles. The van der Waals surface area contributed by atoms with E-state index in [1.165, 1.54) is 4.90 Å². The van der Waals surface area contributed by atoms with Crippen LogP contribution in [0.3, 0.4) is 0 Å². The lowest BCUT2D eigenvalue weighted by molar-refractivity contribution is 0.0437. The van der Waals surface area contributed by atoms with Gasteiger partial charge in [-0.05, 0) is 38.3 Å². The van der Waals surface area contributed by atoms with Crippen molar-refractivity contribution >= 4 is 5.91 Å². The average molecular weight is 287 g/mol. The van der Waals surface area contributed by atoms with Gasteiger partial charge in [-0.3, -0.25) is 4.79 Å². The molecule has 1 aliphatic heterocycles. The number of carbonyl (C=O) groups excluding carboxylic acids is 1. The maximum absolute atomic E-state index is 13.6. The van der Waals surface area contributed by atoms with Crippen LogP contribution in [0, 0.1) is 17.5 Å². The van der Waals surface area contributed by atoms with Gasteiger partial charge in [0.2, 0.25) is 0 Å². The molecule has 1 saturated heterocycles. The first kappa shape index (κ1) is 14.8. The maximum atomic E-state index is 13.6. The number of aliphatic hydroxyl groups is 1. The Morgan fingerprint density at radius 3 is 2.60 bits per heavy atom. The van der Waals surface area contributed by atoms with Crippen molar-refractivity contribution in [3.05, 3.63) is 35.1 Å². The summed E-state index contributed by atoms with van der Waals surface area (Å²) in [7, 11) is 0. The molecule has 0 radical (unpaired) electrons. The fourth-order valence-electron chi connectivity index (χ4n) is 2.33. The second kappa shape index (κ2) is 5.44. The van der Waals surface area contributed by atoms with E-state index in [9.17, 15) is 23.1 Å². The van der Waals surface area contributed by atoms with Gasteiger partial charge in [0.1, 0.15) is 0 Å². The third kappa shape index (κ3) is 2.95. The number of hydrogen-bond acceptors (Lipinski definition) is 2. The number of amides is 1. The molecule has 1 aliphatic rings. The number of nitrogens with zero attached hydrogens (tertiary/aromatic N) is 1. The molecule has 110 valence electrons. The molecule has 6 heteroatoms. The smallest absolute Gasteiger partial charge is 0.256 e. The summed E-state index contributed by atoms with van der Waals surface area (Å²) in [4.78, 5) is 13.5. The highest BCUT2D eigenvalue weighted by Gasteiger charge is 2.29. The van der Waals surface area contributed by atoms with Crippen LogP contribution in [-0.4, -0.2) is 34.6 Å². The Labute approximate surface area is 115 Å². The Bertz CT molecular complexity index is 531. The molecule has 1 atom stereocenters. The van der Waals surface area contributed by atoms with Crippen molar-refractivity contribution in [1.29, 1.82) is 0 Å². The van der Waals surface area contributed by atoms with Gasteiger partial charge in [-0.15, -0.1) is 0 Å². The van der Waals surface area contributed by atoms with Gasteiger partial charge < -0.3 is 10.0 Å². The van der Waals surface area contributed by atoms with Crippen molar-refractivity contribution in [2.45, 2.75) is 31.8 Å². The maximum Gasteiger partial charge on any atom is 0.256 e. The minimum atomic E-state index is -1.64. The number of rotatable bonds is 1. The lowest BCUT2D eigenvalue weighted by Gasteiger charge is -2.22. The van der Waals surface area contributed by atoms with E-state index >= 15 is 0 Å². The van der Waals surface area contributed by atoms with Crippen LogP contribution in [-0.2, 0) is 0 Å². The molecular formula is C14H16F3NO2. The van der Waals surface area contributed by atoms with Gasteiger partial charge in [0.15, 0.2) is 17.5 Å². The third-order valence-corrected chi connectivity index (χ3v) is 3.62. The standard InChI is InChI=1S/C14H16F3NO2/c1-14(20)5-2-7-18(8-6-14)13(19)9-3-4-10(15)12(17)11(9)16/h3-4,20H,2,5-8H2,1H3. The first-order chi connectivity index (χ1) is 9.32. The molecule has 1 unspecified atom stereocenters. The topological polar surface area (TPSA) is 40.5 Å². The van der Waals surface area contributed by atoms with Gasteiger partial charge in [-0.2, -0.15) is 0 Å².